The minimum Gasteiger partial charge on any atom is -0.493 e. The van der Waals surface area contributed by atoms with Crippen molar-refractivity contribution < 1.29 is 19.4 Å². The SMILES string of the molecule is COc1ccc2c3c1O[C@H]1[C@H](N(C)C(=O)Cc4ccc(Cl)c(Cl)c4)CC[C@H]4[C@@H](C2)N(CC(O)c2ccccc2)CC[C@@]341. The second-order valence-electron chi connectivity index (χ2n) is 12.3. The van der Waals surface area contributed by atoms with Crippen LogP contribution in [0.3, 0.4) is 0 Å². The Morgan fingerprint density at radius 3 is 2.71 bits per heavy atom. The van der Waals surface area contributed by atoms with Crippen LogP contribution in [0.2, 0.25) is 10.0 Å². The lowest BCUT2D eigenvalue weighted by Gasteiger charge is -2.60. The van der Waals surface area contributed by atoms with Crippen LogP contribution in [-0.4, -0.2) is 66.2 Å². The number of methoxy groups -OCH3 is 1. The van der Waals surface area contributed by atoms with Crippen LogP contribution in [-0.2, 0) is 23.1 Å². The van der Waals surface area contributed by atoms with Crippen molar-refractivity contribution in [2.75, 3.05) is 27.2 Å². The molecule has 0 aromatic heterocycles. The molecule has 1 unspecified atom stereocenters. The van der Waals surface area contributed by atoms with Gasteiger partial charge in [0, 0.05) is 30.6 Å². The van der Waals surface area contributed by atoms with Crippen LogP contribution in [0.25, 0.3) is 0 Å². The third-order valence-corrected chi connectivity index (χ3v) is 11.2. The Morgan fingerprint density at radius 2 is 1.95 bits per heavy atom. The van der Waals surface area contributed by atoms with Gasteiger partial charge in [-0.1, -0.05) is 65.7 Å². The van der Waals surface area contributed by atoms with E-state index in [1.54, 1.807) is 19.2 Å². The summed E-state index contributed by atoms with van der Waals surface area (Å²) in [5.74, 6) is 2.03. The number of halogens is 2. The number of piperidine rings is 1. The molecule has 2 aliphatic carbocycles. The zero-order chi connectivity index (χ0) is 29.2. The Kier molecular flexibility index (Phi) is 7.17. The number of carbonyl (C=O) groups excluding carboxylic acids is 1. The minimum absolute atomic E-state index is 0.0377. The van der Waals surface area contributed by atoms with E-state index < -0.39 is 6.10 Å². The molecular formula is C34H36Cl2N2O4. The van der Waals surface area contributed by atoms with Gasteiger partial charge in [-0.05, 0) is 73.0 Å². The molecule has 6 atom stereocenters. The molecule has 0 radical (unpaired) electrons. The van der Waals surface area contributed by atoms with Gasteiger partial charge in [0.25, 0.3) is 0 Å². The Labute approximate surface area is 257 Å². The van der Waals surface area contributed by atoms with Crippen molar-refractivity contribution in [2.45, 2.75) is 61.8 Å². The molecule has 1 saturated heterocycles. The maximum Gasteiger partial charge on any atom is 0.227 e. The highest BCUT2D eigenvalue weighted by molar-refractivity contribution is 6.42. The van der Waals surface area contributed by atoms with Crippen LogP contribution in [0.1, 0.15) is 47.6 Å². The van der Waals surface area contributed by atoms with E-state index in [0.717, 1.165) is 54.9 Å². The maximum atomic E-state index is 13.7. The molecule has 7 rings (SSSR count). The van der Waals surface area contributed by atoms with Crippen molar-refractivity contribution in [2.24, 2.45) is 5.92 Å². The zero-order valence-corrected chi connectivity index (χ0v) is 25.4. The standard InChI is InChI=1S/C34H36Cl2N2O4/c1-37(30(40)17-20-8-11-24(35)25(36)16-20)26-12-10-23-27-18-22-9-13-29(41-2)32-31(22)34(23,33(26)42-32)14-15-38(27)19-28(39)21-6-4-3-5-7-21/h3-9,11,13,16,23,26-28,33,39H,10,12,14-15,17-19H2,1-2H3/t23-,26+,27+,28?,33-,34-/m0/s1. The highest BCUT2D eigenvalue weighted by atomic mass is 35.5. The highest BCUT2D eigenvalue weighted by Crippen LogP contribution is 2.64. The van der Waals surface area contributed by atoms with Gasteiger partial charge in [-0.15, -0.1) is 0 Å². The van der Waals surface area contributed by atoms with Crippen LogP contribution in [0, 0.1) is 5.92 Å². The van der Waals surface area contributed by atoms with Crippen LogP contribution < -0.4 is 9.47 Å². The minimum atomic E-state index is -0.537. The number of likely N-dealkylation sites (N-methyl/N-ethyl adjacent to an activating group) is 1. The van der Waals surface area contributed by atoms with Gasteiger partial charge in [-0.3, -0.25) is 9.69 Å². The highest BCUT2D eigenvalue weighted by Gasteiger charge is 2.66. The van der Waals surface area contributed by atoms with E-state index in [0.29, 0.717) is 28.5 Å². The van der Waals surface area contributed by atoms with E-state index >= 15 is 0 Å². The van der Waals surface area contributed by atoms with E-state index in [4.69, 9.17) is 32.7 Å². The smallest absolute Gasteiger partial charge is 0.227 e. The molecule has 1 amide bonds. The molecule has 1 saturated carbocycles. The molecule has 2 fully saturated rings. The molecule has 220 valence electrons. The van der Waals surface area contributed by atoms with Crippen LogP contribution in [0.4, 0.5) is 0 Å². The predicted molar refractivity (Wildman–Crippen MR) is 164 cm³/mol. The molecular weight excluding hydrogens is 571 g/mol. The quantitative estimate of drug-likeness (QED) is 0.366. The van der Waals surface area contributed by atoms with E-state index in [9.17, 15) is 9.90 Å². The fourth-order valence-electron chi connectivity index (χ4n) is 8.51. The topological polar surface area (TPSA) is 62.2 Å². The van der Waals surface area contributed by atoms with Crippen LogP contribution in [0.5, 0.6) is 11.5 Å². The van der Waals surface area contributed by atoms with Gasteiger partial charge >= 0.3 is 0 Å². The second-order valence-corrected chi connectivity index (χ2v) is 13.1. The van der Waals surface area contributed by atoms with E-state index in [2.05, 4.69) is 11.0 Å². The lowest BCUT2D eigenvalue weighted by molar-refractivity contribution is -0.140. The van der Waals surface area contributed by atoms with Crippen molar-refractivity contribution in [3.8, 4) is 11.5 Å². The van der Waals surface area contributed by atoms with Crippen molar-refractivity contribution in [3.63, 3.8) is 0 Å². The molecule has 8 heteroatoms. The summed E-state index contributed by atoms with van der Waals surface area (Å²) in [7, 11) is 3.61. The number of carbonyl (C=O) groups is 1. The molecule has 3 aromatic rings. The summed E-state index contributed by atoms with van der Waals surface area (Å²) in [5, 5.41) is 12.1. The number of hydrogen-bond acceptors (Lipinski definition) is 5. The van der Waals surface area contributed by atoms with Gasteiger partial charge < -0.3 is 19.5 Å². The van der Waals surface area contributed by atoms with Crippen molar-refractivity contribution in [1.82, 2.24) is 9.80 Å². The predicted octanol–water partition coefficient (Wildman–Crippen LogP) is 5.84. The first-order valence-corrected chi connectivity index (χ1v) is 15.6. The summed E-state index contributed by atoms with van der Waals surface area (Å²) in [4.78, 5) is 18.1. The Hall–Kier alpha value is -2.77. The molecule has 3 aromatic carbocycles. The summed E-state index contributed by atoms with van der Waals surface area (Å²) < 4.78 is 12.7. The van der Waals surface area contributed by atoms with Crippen LogP contribution >= 0.6 is 23.2 Å². The Bertz CT molecular complexity index is 1520. The average Bonchev–Trinajstić information content (AvgIpc) is 3.35. The molecule has 42 heavy (non-hydrogen) atoms. The van der Waals surface area contributed by atoms with Gasteiger partial charge in [0.2, 0.25) is 5.91 Å². The van der Waals surface area contributed by atoms with E-state index in [1.165, 1.54) is 11.1 Å². The fraction of sp³-hybridized carbons (Fsp3) is 0.441. The Morgan fingerprint density at radius 1 is 1.14 bits per heavy atom. The summed E-state index contributed by atoms with van der Waals surface area (Å²) in [6.07, 6.45) is 3.25. The molecule has 2 bridgehead atoms. The van der Waals surface area contributed by atoms with Crippen LogP contribution in [0.15, 0.2) is 60.7 Å². The van der Waals surface area contributed by atoms with E-state index in [-0.39, 0.29) is 29.9 Å². The summed E-state index contributed by atoms with van der Waals surface area (Å²) in [6, 6.07) is 19.8. The number of nitrogens with zero attached hydrogens (tertiary/aromatic N) is 2. The summed E-state index contributed by atoms with van der Waals surface area (Å²) in [6.45, 7) is 1.48. The molecule has 1 N–H and O–H groups in total. The third kappa shape index (κ3) is 4.33. The third-order valence-electron chi connectivity index (χ3n) is 10.4. The van der Waals surface area contributed by atoms with E-state index in [1.807, 2.05) is 54.4 Å². The number of β-amino-alcohol motifs (C(OH)–C–C–N with tert-alkyl or cyclic N) is 1. The number of aliphatic hydroxyl groups excluding tert-OH is 1. The summed E-state index contributed by atoms with van der Waals surface area (Å²) >= 11 is 12.4. The van der Waals surface area contributed by atoms with Crippen molar-refractivity contribution >= 4 is 29.1 Å². The molecule has 2 heterocycles. The first kappa shape index (κ1) is 28.0. The zero-order valence-electron chi connectivity index (χ0n) is 23.9. The summed E-state index contributed by atoms with van der Waals surface area (Å²) in [5.41, 5.74) is 4.20. The second kappa shape index (κ2) is 10.7. The normalized spacial score (nSPS) is 28.0. The number of likely N-dealkylation sites (tertiary alicyclic amines) is 1. The largest absolute Gasteiger partial charge is 0.493 e. The molecule has 2 aliphatic heterocycles. The fourth-order valence-corrected chi connectivity index (χ4v) is 8.83. The van der Waals surface area contributed by atoms with Crippen molar-refractivity contribution in [3.05, 3.63) is 93.0 Å². The number of aliphatic hydroxyl groups is 1. The first-order chi connectivity index (χ1) is 20.3. The molecule has 4 aliphatic rings. The number of amides is 1. The van der Waals surface area contributed by atoms with Gasteiger partial charge in [-0.25, -0.2) is 0 Å². The van der Waals surface area contributed by atoms with Gasteiger partial charge in [0.15, 0.2) is 11.5 Å². The van der Waals surface area contributed by atoms with Gasteiger partial charge in [0.1, 0.15) is 6.10 Å². The number of rotatable bonds is 7. The monoisotopic (exact) mass is 606 g/mol. The number of benzene rings is 3. The van der Waals surface area contributed by atoms with Crippen molar-refractivity contribution in [1.29, 1.82) is 0 Å². The Balaban J connectivity index is 1.21. The van der Waals surface area contributed by atoms with Gasteiger partial charge in [0.05, 0.1) is 35.7 Å². The number of hydrogen-bond donors (Lipinski definition) is 1. The first-order valence-electron chi connectivity index (χ1n) is 14.9. The lowest BCUT2D eigenvalue weighted by atomic mass is 9.51. The molecule has 1 spiro atoms. The average molecular weight is 608 g/mol. The molecule has 6 nitrogen and oxygen atoms in total. The lowest BCUT2D eigenvalue weighted by Crippen LogP contribution is -2.69. The van der Waals surface area contributed by atoms with Gasteiger partial charge in [-0.2, -0.15) is 0 Å². The maximum absolute atomic E-state index is 13.7. The number of ether oxygens (including phenoxy) is 2.